The van der Waals surface area contributed by atoms with Gasteiger partial charge >= 0.3 is 0 Å². The van der Waals surface area contributed by atoms with Crippen LogP contribution in [-0.2, 0) is 0 Å². The van der Waals surface area contributed by atoms with E-state index in [2.05, 4.69) is 10.6 Å². The van der Waals surface area contributed by atoms with Gasteiger partial charge in [0.05, 0.1) is 6.67 Å². The summed E-state index contributed by atoms with van der Waals surface area (Å²) in [7, 11) is 0. The van der Waals surface area contributed by atoms with Crippen molar-refractivity contribution in [1.82, 2.24) is 5.32 Å². The molecule has 0 saturated heterocycles. The molecule has 0 saturated carbocycles. The van der Waals surface area contributed by atoms with Crippen LogP contribution in [0.3, 0.4) is 0 Å². The third-order valence-electron chi connectivity index (χ3n) is 1.72. The van der Waals surface area contributed by atoms with Crippen molar-refractivity contribution in [3.05, 3.63) is 20.4 Å². The lowest BCUT2D eigenvalue weighted by Gasteiger charge is -2.12. The first kappa shape index (κ1) is 9.73. The van der Waals surface area contributed by atoms with Gasteiger partial charge in [-0.3, -0.25) is 14.9 Å². The summed E-state index contributed by atoms with van der Waals surface area (Å²) < 4.78 is 0. The first-order valence-electron chi connectivity index (χ1n) is 4.10. The smallest absolute Gasteiger partial charge is 0.253 e. The van der Waals surface area contributed by atoms with Crippen LogP contribution in [0, 0.1) is 0 Å². The predicted molar refractivity (Wildman–Crippen MR) is 52.5 cm³/mol. The average Bonchev–Trinajstić information content (AvgIpc) is 2.10. The van der Waals surface area contributed by atoms with Gasteiger partial charge in [-0.2, -0.15) is 0 Å². The van der Waals surface area contributed by atoms with Crippen LogP contribution in [0.15, 0.2) is 9.59 Å². The zero-order valence-electron chi connectivity index (χ0n) is 7.68. The van der Waals surface area contributed by atoms with E-state index in [1.807, 2.05) is 13.8 Å². The Hall–Kier alpha value is -1.36. The molecule has 0 amide bonds. The SMILES string of the molecule is CC(C)NCNc1c(N)c(=O)c1=O. The molecule has 0 aromatic heterocycles. The molecule has 13 heavy (non-hydrogen) atoms. The molecule has 0 heterocycles. The highest BCUT2D eigenvalue weighted by Gasteiger charge is 2.16. The molecule has 5 heteroatoms. The zero-order valence-corrected chi connectivity index (χ0v) is 7.68. The number of hydrogen-bond donors (Lipinski definition) is 3. The van der Waals surface area contributed by atoms with E-state index in [-0.39, 0.29) is 11.4 Å². The van der Waals surface area contributed by atoms with Crippen LogP contribution in [0.2, 0.25) is 0 Å². The van der Waals surface area contributed by atoms with E-state index < -0.39 is 10.9 Å². The molecule has 4 N–H and O–H groups in total. The van der Waals surface area contributed by atoms with Crippen LogP contribution in [0.5, 0.6) is 0 Å². The van der Waals surface area contributed by atoms with Crippen molar-refractivity contribution in [3.63, 3.8) is 0 Å². The van der Waals surface area contributed by atoms with Gasteiger partial charge in [-0.1, -0.05) is 0 Å². The van der Waals surface area contributed by atoms with Gasteiger partial charge in [0.25, 0.3) is 10.9 Å². The fourth-order valence-electron chi connectivity index (χ4n) is 0.928. The molecule has 0 aliphatic heterocycles. The fraction of sp³-hybridized carbons (Fsp3) is 0.500. The van der Waals surface area contributed by atoms with E-state index in [0.717, 1.165) is 0 Å². The normalized spacial score (nSPS) is 11.0. The van der Waals surface area contributed by atoms with Crippen molar-refractivity contribution in [2.45, 2.75) is 19.9 Å². The van der Waals surface area contributed by atoms with Gasteiger partial charge in [-0.15, -0.1) is 0 Å². The van der Waals surface area contributed by atoms with Crippen molar-refractivity contribution >= 4 is 11.4 Å². The lowest BCUT2D eigenvalue weighted by Crippen LogP contribution is -2.39. The molecule has 5 nitrogen and oxygen atoms in total. The van der Waals surface area contributed by atoms with Gasteiger partial charge in [-0.25, -0.2) is 0 Å². The minimum atomic E-state index is -0.591. The van der Waals surface area contributed by atoms with Gasteiger partial charge in [-0.05, 0) is 13.8 Å². The number of hydrogen-bond acceptors (Lipinski definition) is 5. The highest BCUT2D eigenvalue weighted by molar-refractivity contribution is 5.71. The summed E-state index contributed by atoms with van der Waals surface area (Å²) in [5, 5.41) is 5.79. The number of anilines is 2. The fourth-order valence-corrected chi connectivity index (χ4v) is 0.928. The molecule has 0 fully saturated rings. The summed E-state index contributed by atoms with van der Waals surface area (Å²) in [6, 6.07) is 0.320. The van der Waals surface area contributed by atoms with Gasteiger partial charge in [0, 0.05) is 6.04 Å². The maximum absolute atomic E-state index is 10.9. The number of rotatable bonds is 4. The zero-order chi connectivity index (χ0) is 10.0. The third-order valence-corrected chi connectivity index (χ3v) is 1.72. The van der Waals surface area contributed by atoms with E-state index in [9.17, 15) is 9.59 Å². The van der Waals surface area contributed by atoms with Crippen LogP contribution in [-0.4, -0.2) is 12.7 Å². The van der Waals surface area contributed by atoms with Gasteiger partial charge in [0.15, 0.2) is 0 Å². The Labute approximate surface area is 75.6 Å². The monoisotopic (exact) mass is 183 g/mol. The highest BCUT2D eigenvalue weighted by Crippen LogP contribution is 2.07. The maximum atomic E-state index is 10.9. The second-order valence-corrected chi connectivity index (χ2v) is 3.16. The van der Waals surface area contributed by atoms with Crippen LogP contribution in [0.4, 0.5) is 11.4 Å². The minimum Gasteiger partial charge on any atom is -0.394 e. The van der Waals surface area contributed by atoms with Crippen LogP contribution in [0.1, 0.15) is 13.8 Å². The molecule has 72 valence electrons. The molecule has 0 bridgehead atoms. The molecule has 0 atom stereocenters. The molecule has 0 radical (unpaired) electrons. The molecule has 0 spiro atoms. The first-order chi connectivity index (χ1) is 6.04. The van der Waals surface area contributed by atoms with E-state index in [1.54, 1.807) is 0 Å². The van der Waals surface area contributed by atoms with E-state index in [1.165, 1.54) is 0 Å². The molecular formula is C8H13N3O2. The van der Waals surface area contributed by atoms with Crippen LogP contribution >= 0.6 is 0 Å². The van der Waals surface area contributed by atoms with Gasteiger partial charge in [0.2, 0.25) is 0 Å². The third kappa shape index (κ3) is 1.86. The van der Waals surface area contributed by atoms with Crippen molar-refractivity contribution < 1.29 is 0 Å². The predicted octanol–water partition coefficient (Wildman–Crippen LogP) is -0.768. The number of nitrogen functional groups attached to an aromatic ring is 1. The molecule has 1 aromatic carbocycles. The summed E-state index contributed by atoms with van der Waals surface area (Å²) in [6.07, 6.45) is 0. The Bertz CT molecular complexity index is 363. The Kier molecular flexibility index (Phi) is 2.67. The topological polar surface area (TPSA) is 84.2 Å². The Morgan fingerprint density at radius 2 is 1.92 bits per heavy atom. The first-order valence-corrected chi connectivity index (χ1v) is 4.10. The largest absolute Gasteiger partial charge is 0.394 e. The van der Waals surface area contributed by atoms with E-state index in [0.29, 0.717) is 12.7 Å². The Balaban J connectivity index is 2.48. The van der Waals surface area contributed by atoms with E-state index >= 15 is 0 Å². The molecular weight excluding hydrogens is 170 g/mol. The molecule has 1 rings (SSSR count). The van der Waals surface area contributed by atoms with Crippen molar-refractivity contribution in [2.75, 3.05) is 17.7 Å². The number of nitrogens with two attached hydrogens (primary N) is 1. The van der Waals surface area contributed by atoms with E-state index in [4.69, 9.17) is 5.73 Å². The lowest BCUT2D eigenvalue weighted by molar-refractivity contribution is 0.617. The van der Waals surface area contributed by atoms with Crippen LogP contribution in [0.25, 0.3) is 0 Å². The van der Waals surface area contributed by atoms with Crippen molar-refractivity contribution in [3.8, 4) is 0 Å². The summed E-state index contributed by atoms with van der Waals surface area (Å²) in [5.74, 6) is 0. The average molecular weight is 183 g/mol. The molecule has 0 aliphatic carbocycles. The lowest BCUT2D eigenvalue weighted by atomic mass is 10.2. The summed E-state index contributed by atoms with van der Waals surface area (Å²) in [5.41, 5.74) is 4.45. The molecule has 0 unspecified atom stereocenters. The maximum Gasteiger partial charge on any atom is 0.253 e. The molecule has 1 aromatic rings. The second kappa shape index (κ2) is 3.57. The van der Waals surface area contributed by atoms with Crippen molar-refractivity contribution in [1.29, 1.82) is 0 Å². The summed E-state index contributed by atoms with van der Waals surface area (Å²) >= 11 is 0. The standard InChI is InChI=1S/C8H13N3O2/c1-4(2)10-3-11-6-5(9)7(12)8(6)13/h4,10-11H,3,9H2,1-2H3. The van der Waals surface area contributed by atoms with Crippen molar-refractivity contribution in [2.24, 2.45) is 0 Å². The van der Waals surface area contributed by atoms with Gasteiger partial charge < -0.3 is 11.1 Å². The Morgan fingerprint density at radius 1 is 1.31 bits per heavy atom. The summed E-state index contributed by atoms with van der Waals surface area (Å²) in [4.78, 5) is 21.5. The molecule has 0 aliphatic rings. The number of nitrogens with one attached hydrogen (secondary N) is 2. The minimum absolute atomic E-state index is 0.0376. The quantitative estimate of drug-likeness (QED) is 0.422. The van der Waals surface area contributed by atoms with Gasteiger partial charge in [0.1, 0.15) is 11.4 Å². The second-order valence-electron chi connectivity index (χ2n) is 3.16. The van der Waals surface area contributed by atoms with Crippen LogP contribution < -0.4 is 27.2 Å². The Morgan fingerprint density at radius 3 is 2.38 bits per heavy atom. The highest BCUT2D eigenvalue weighted by atomic mass is 16.2. The summed E-state index contributed by atoms with van der Waals surface area (Å²) in [6.45, 7) is 4.40.